The maximum absolute atomic E-state index is 12.2. The summed E-state index contributed by atoms with van der Waals surface area (Å²) in [6, 6.07) is 7.76. The Balaban J connectivity index is 0.00000300. The van der Waals surface area contributed by atoms with Gasteiger partial charge in [0.05, 0.1) is 13.7 Å². The number of aromatic nitrogens is 3. The fraction of sp³-hybridized carbons (Fsp3) is 0.550. The summed E-state index contributed by atoms with van der Waals surface area (Å²) < 4.78 is 12.4. The summed E-state index contributed by atoms with van der Waals surface area (Å²) in [4.78, 5) is 16.7. The molecule has 1 saturated heterocycles. The van der Waals surface area contributed by atoms with E-state index in [4.69, 9.17) is 9.47 Å². The lowest BCUT2D eigenvalue weighted by Gasteiger charge is -2.19. The number of anilines is 1. The number of amides is 1. The van der Waals surface area contributed by atoms with E-state index in [1.807, 2.05) is 31.3 Å². The molecular weight excluding hydrogens is 394 g/mol. The molecule has 1 aromatic heterocycles. The van der Waals surface area contributed by atoms with Crippen molar-refractivity contribution in [3.05, 3.63) is 35.7 Å². The Bertz CT molecular complexity index is 760. The number of piperidine rings is 1. The summed E-state index contributed by atoms with van der Waals surface area (Å²) in [5, 5.41) is 10.7. The standard InChI is InChI=1S/C20H29N5O3.ClH/c1-25-20(23-19(24-25)16-9-11-21-12-10-16)22-18(26)4-3-13-28-14-15-5-7-17(27-2)8-6-15;/h5-8,16,21H,3-4,9-14H2,1-2H3,(H,22,23,24,26);1H. The van der Waals surface area contributed by atoms with Crippen molar-refractivity contribution in [3.63, 3.8) is 0 Å². The summed E-state index contributed by atoms with van der Waals surface area (Å²) in [5.41, 5.74) is 1.08. The van der Waals surface area contributed by atoms with E-state index in [1.165, 1.54) is 0 Å². The Hall–Kier alpha value is -2.16. The van der Waals surface area contributed by atoms with Crippen molar-refractivity contribution in [2.75, 3.05) is 32.1 Å². The van der Waals surface area contributed by atoms with Gasteiger partial charge in [-0.3, -0.25) is 10.1 Å². The van der Waals surface area contributed by atoms with E-state index in [0.29, 0.717) is 37.9 Å². The predicted octanol–water partition coefficient (Wildman–Crippen LogP) is 2.65. The zero-order valence-corrected chi connectivity index (χ0v) is 17.8. The van der Waals surface area contributed by atoms with E-state index in [0.717, 1.165) is 43.1 Å². The lowest BCUT2D eigenvalue weighted by atomic mass is 9.98. The normalized spacial score (nSPS) is 14.3. The van der Waals surface area contributed by atoms with Gasteiger partial charge in [-0.25, -0.2) is 4.68 Å². The number of halogens is 1. The second kappa shape index (κ2) is 11.7. The van der Waals surface area contributed by atoms with Crippen molar-refractivity contribution in [3.8, 4) is 5.75 Å². The minimum Gasteiger partial charge on any atom is -0.497 e. The van der Waals surface area contributed by atoms with Crippen molar-refractivity contribution < 1.29 is 14.3 Å². The number of benzene rings is 1. The number of nitrogens with one attached hydrogen (secondary N) is 2. The Labute approximate surface area is 177 Å². The summed E-state index contributed by atoms with van der Waals surface area (Å²) >= 11 is 0. The van der Waals surface area contributed by atoms with Crippen molar-refractivity contribution in [1.82, 2.24) is 20.1 Å². The predicted molar refractivity (Wildman–Crippen MR) is 114 cm³/mol. The molecule has 1 aromatic carbocycles. The van der Waals surface area contributed by atoms with E-state index in [2.05, 4.69) is 20.7 Å². The molecule has 0 spiro atoms. The van der Waals surface area contributed by atoms with Crippen LogP contribution in [0.15, 0.2) is 24.3 Å². The third-order valence-corrected chi connectivity index (χ3v) is 4.86. The van der Waals surface area contributed by atoms with Crippen LogP contribution in [0.4, 0.5) is 5.95 Å². The fourth-order valence-corrected chi connectivity index (χ4v) is 3.20. The number of hydrogen-bond donors (Lipinski definition) is 2. The molecule has 0 unspecified atom stereocenters. The first-order valence-electron chi connectivity index (χ1n) is 9.78. The highest BCUT2D eigenvalue weighted by Gasteiger charge is 2.21. The van der Waals surface area contributed by atoms with Crippen molar-refractivity contribution in [2.24, 2.45) is 7.05 Å². The van der Waals surface area contributed by atoms with Crippen molar-refractivity contribution in [1.29, 1.82) is 0 Å². The molecule has 0 radical (unpaired) electrons. The number of ether oxygens (including phenoxy) is 2. The number of carbonyl (C=O) groups excluding carboxylic acids is 1. The third kappa shape index (κ3) is 6.99. The zero-order chi connectivity index (χ0) is 19.8. The highest BCUT2D eigenvalue weighted by atomic mass is 35.5. The average molecular weight is 424 g/mol. The molecular formula is C20H30ClN5O3. The van der Waals surface area contributed by atoms with E-state index in [-0.39, 0.29) is 18.3 Å². The van der Waals surface area contributed by atoms with Gasteiger partial charge < -0.3 is 14.8 Å². The SMILES string of the molecule is COc1ccc(COCCCC(=O)Nc2nc(C3CCNCC3)nn2C)cc1.Cl. The minimum atomic E-state index is -0.0691. The van der Waals surface area contributed by atoms with Gasteiger partial charge in [-0.05, 0) is 50.0 Å². The van der Waals surface area contributed by atoms with Crippen LogP contribution in [-0.4, -0.2) is 47.5 Å². The van der Waals surface area contributed by atoms with Crippen LogP contribution in [0, 0.1) is 0 Å². The Morgan fingerprint density at radius 3 is 2.69 bits per heavy atom. The quantitative estimate of drug-likeness (QED) is 0.602. The number of nitrogens with zero attached hydrogens (tertiary/aromatic N) is 3. The van der Waals surface area contributed by atoms with Crippen LogP contribution in [-0.2, 0) is 23.2 Å². The molecule has 2 N–H and O–H groups in total. The molecule has 1 amide bonds. The van der Waals surface area contributed by atoms with E-state index in [1.54, 1.807) is 11.8 Å². The van der Waals surface area contributed by atoms with Gasteiger partial charge in [-0.1, -0.05) is 12.1 Å². The van der Waals surface area contributed by atoms with Crippen LogP contribution in [0.3, 0.4) is 0 Å². The van der Waals surface area contributed by atoms with Gasteiger partial charge in [-0.15, -0.1) is 12.4 Å². The van der Waals surface area contributed by atoms with Crippen LogP contribution in [0.5, 0.6) is 5.75 Å². The van der Waals surface area contributed by atoms with Crippen LogP contribution in [0.2, 0.25) is 0 Å². The van der Waals surface area contributed by atoms with E-state index >= 15 is 0 Å². The van der Waals surface area contributed by atoms with Gasteiger partial charge in [0.25, 0.3) is 0 Å². The molecule has 1 aliphatic rings. The van der Waals surface area contributed by atoms with Crippen LogP contribution in [0.25, 0.3) is 0 Å². The lowest BCUT2D eigenvalue weighted by molar-refractivity contribution is -0.116. The Kier molecular flexibility index (Phi) is 9.37. The summed E-state index contributed by atoms with van der Waals surface area (Å²) in [6.45, 7) is 3.02. The maximum Gasteiger partial charge on any atom is 0.227 e. The molecule has 0 aliphatic carbocycles. The van der Waals surface area contributed by atoms with Crippen LogP contribution >= 0.6 is 12.4 Å². The largest absolute Gasteiger partial charge is 0.497 e. The van der Waals surface area contributed by atoms with Gasteiger partial charge in [0, 0.05) is 26.0 Å². The summed E-state index contributed by atoms with van der Waals surface area (Å²) in [7, 11) is 3.46. The molecule has 9 heteroatoms. The summed E-state index contributed by atoms with van der Waals surface area (Å²) in [6.07, 6.45) is 3.10. The molecule has 160 valence electrons. The number of hydrogen-bond acceptors (Lipinski definition) is 6. The van der Waals surface area contributed by atoms with Crippen LogP contribution < -0.4 is 15.4 Å². The first-order valence-corrected chi connectivity index (χ1v) is 9.78. The molecule has 0 bridgehead atoms. The molecule has 0 saturated carbocycles. The van der Waals surface area contributed by atoms with Crippen molar-refractivity contribution in [2.45, 2.75) is 38.2 Å². The van der Waals surface area contributed by atoms with Crippen molar-refractivity contribution >= 4 is 24.3 Å². The number of carbonyl (C=O) groups is 1. The highest BCUT2D eigenvalue weighted by Crippen LogP contribution is 2.23. The first-order chi connectivity index (χ1) is 13.7. The van der Waals surface area contributed by atoms with Gasteiger partial charge in [0.15, 0.2) is 5.82 Å². The number of rotatable bonds is 9. The van der Waals surface area contributed by atoms with Gasteiger partial charge in [0.2, 0.25) is 11.9 Å². The zero-order valence-electron chi connectivity index (χ0n) is 17.0. The van der Waals surface area contributed by atoms with E-state index in [9.17, 15) is 4.79 Å². The second-order valence-electron chi connectivity index (χ2n) is 6.99. The molecule has 3 rings (SSSR count). The molecule has 1 fully saturated rings. The van der Waals surface area contributed by atoms with Gasteiger partial charge >= 0.3 is 0 Å². The Morgan fingerprint density at radius 1 is 1.28 bits per heavy atom. The topological polar surface area (TPSA) is 90.3 Å². The molecule has 8 nitrogen and oxygen atoms in total. The monoisotopic (exact) mass is 423 g/mol. The number of methoxy groups -OCH3 is 1. The second-order valence-corrected chi connectivity index (χ2v) is 6.99. The third-order valence-electron chi connectivity index (χ3n) is 4.86. The Morgan fingerprint density at radius 2 is 2.00 bits per heavy atom. The average Bonchev–Trinajstić information content (AvgIpc) is 3.09. The smallest absolute Gasteiger partial charge is 0.227 e. The molecule has 1 aliphatic heterocycles. The lowest BCUT2D eigenvalue weighted by Crippen LogP contribution is -2.27. The summed E-state index contributed by atoms with van der Waals surface area (Å²) in [5.74, 6) is 2.46. The molecule has 0 atom stereocenters. The fourth-order valence-electron chi connectivity index (χ4n) is 3.20. The molecule has 29 heavy (non-hydrogen) atoms. The highest BCUT2D eigenvalue weighted by molar-refractivity contribution is 5.88. The van der Waals surface area contributed by atoms with Gasteiger partial charge in [-0.2, -0.15) is 10.1 Å². The van der Waals surface area contributed by atoms with E-state index < -0.39 is 0 Å². The van der Waals surface area contributed by atoms with Crippen LogP contribution in [0.1, 0.15) is 43.0 Å². The molecule has 2 heterocycles. The minimum absolute atomic E-state index is 0. The molecule has 2 aromatic rings. The first kappa shape index (κ1) is 23.1. The van der Waals surface area contributed by atoms with Gasteiger partial charge in [0.1, 0.15) is 5.75 Å². The number of aryl methyl sites for hydroxylation is 1. The maximum atomic E-state index is 12.2.